The largest absolute Gasteiger partial charge is 0.505 e. The number of benzene rings is 5. The molecule has 0 saturated carbocycles. The number of carbonyl (C=O) groups is 2. The highest BCUT2D eigenvalue weighted by atomic mass is 35.5. The molecule has 8 nitrogen and oxygen atoms in total. The Kier molecular flexibility index (Phi) is 14.8. The van der Waals surface area contributed by atoms with Crippen LogP contribution in [0.3, 0.4) is 0 Å². The SMILES string of the molecule is CC(C)c1cccc2c1OC(C(C)C)CN2C(=O)c1cc(Cl)c(O)c(Cl)c1.CC(C)c1cccc2c1OC(C(C)C)CN2C(=O)c1cc(Cl)c(OCc2ccccc2)c(Cl)c1. The minimum Gasteiger partial charge on any atom is -0.505 e. The molecular weight excluding hydrogens is 854 g/mol. The van der Waals surface area contributed by atoms with E-state index in [1.807, 2.05) is 60.7 Å². The van der Waals surface area contributed by atoms with Crippen molar-refractivity contribution in [1.82, 2.24) is 0 Å². The molecule has 12 heteroatoms. The average Bonchev–Trinajstić information content (AvgIpc) is 3.23. The van der Waals surface area contributed by atoms with Crippen molar-refractivity contribution in [2.24, 2.45) is 11.8 Å². The number of nitrogens with zero attached hydrogens (tertiary/aromatic N) is 2. The number of phenols is 1. The third kappa shape index (κ3) is 10.2. The first-order valence-corrected chi connectivity index (χ1v) is 22.0. The first kappa shape index (κ1) is 45.9. The number of halogens is 4. The highest BCUT2D eigenvalue weighted by Gasteiger charge is 2.36. The zero-order chi connectivity index (χ0) is 44.3. The fourth-order valence-electron chi connectivity index (χ4n) is 7.24. The maximum atomic E-state index is 13.7. The lowest BCUT2D eigenvalue weighted by atomic mass is 9.97. The molecule has 0 bridgehead atoms. The molecule has 1 N–H and O–H groups in total. The Hall–Kier alpha value is -4.60. The van der Waals surface area contributed by atoms with E-state index in [1.165, 1.54) is 12.1 Å². The molecule has 2 amide bonds. The van der Waals surface area contributed by atoms with Gasteiger partial charge < -0.3 is 29.1 Å². The summed E-state index contributed by atoms with van der Waals surface area (Å²) in [5.74, 6) is 2.28. The molecular formula is C49H52Cl4N2O6. The number of carbonyl (C=O) groups excluding carboxylic acids is 2. The third-order valence-corrected chi connectivity index (χ3v) is 12.0. The average molecular weight is 907 g/mol. The second kappa shape index (κ2) is 19.6. The Morgan fingerprint density at radius 3 is 1.43 bits per heavy atom. The maximum Gasteiger partial charge on any atom is 0.258 e. The van der Waals surface area contributed by atoms with Crippen LogP contribution in [0.2, 0.25) is 20.1 Å². The molecule has 0 aliphatic carbocycles. The second-order valence-electron chi connectivity index (χ2n) is 16.7. The monoisotopic (exact) mass is 904 g/mol. The summed E-state index contributed by atoms with van der Waals surface area (Å²) in [6.45, 7) is 18.0. The number of ether oxygens (including phenoxy) is 3. The van der Waals surface area contributed by atoms with Crippen molar-refractivity contribution in [3.63, 3.8) is 0 Å². The summed E-state index contributed by atoms with van der Waals surface area (Å²) in [6.07, 6.45) is -0.236. The van der Waals surface area contributed by atoms with E-state index in [9.17, 15) is 14.7 Å². The van der Waals surface area contributed by atoms with Crippen LogP contribution in [0, 0.1) is 11.8 Å². The number of anilines is 2. The molecule has 0 saturated heterocycles. The van der Waals surface area contributed by atoms with Crippen molar-refractivity contribution in [1.29, 1.82) is 0 Å². The van der Waals surface area contributed by atoms with Crippen LogP contribution in [0.25, 0.3) is 0 Å². The minimum atomic E-state index is -0.227. The van der Waals surface area contributed by atoms with Crippen LogP contribution in [0.15, 0.2) is 91.0 Å². The van der Waals surface area contributed by atoms with Gasteiger partial charge in [0.2, 0.25) is 0 Å². The van der Waals surface area contributed by atoms with E-state index < -0.39 is 0 Å². The molecule has 2 aliphatic heterocycles. The molecule has 0 spiro atoms. The van der Waals surface area contributed by atoms with Crippen LogP contribution in [-0.4, -0.2) is 42.2 Å². The number of aromatic hydroxyl groups is 1. The van der Waals surface area contributed by atoms with Crippen LogP contribution >= 0.6 is 46.4 Å². The molecule has 0 fully saturated rings. The zero-order valence-corrected chi connectivity index (χ0v) is 38.7. The molecule has 5 aromatic carbocycles. The predicted octanol–water partition coefficient (Wildman–Crippen LogP) is 13.6. The number of amides is 2. The van der Waals surface area contributed by atoms with E-state index in [2.05, 4.69) is 61.5 Å². The van der Waals surface area contributed by atoms with Crippen LogP contribution in [0.1, 0.15) is 105 Å². The molecule has 61 heavy (non-hydrogen) atoms. The van der Waals surface area contributed by atoms with Gasteiger partial charge in [-0.25, -0.2) is 0 Å². The first-order chi connectivity index (χ1) is 29.0. The summed E-state index contributed by atoms with van der Waals surface area (Å²) in [5, 5.41) is 10.5. The molecule has 2 aliphatic rings. The Labute approximate surface area is 379 Å². The van der Waals surface area contributed by atoms with E-state index in [1.54, 1.807) is 21.9 Å². The van der Waals surface area contributed by atoms with Crippen LogP contribution < -0.4 is 24.0 Å². The van der Waals surface area contributed by atoms with E-state index in [0.29, 0.717) is 46.6 Å². The standard InChI is InChI=1S/C28H29Cl2NO3.C21H23Cl2NO3/c1-17(2)21-11-8-12-24-26(21)34-25(18(3)4)15-31(24)28(32)20-13-22(29)27(23(30)14-20)33-16-19-9-6-5-7-10-19;1-11(2)14-6-5-7-17-20(14)27-18(12(3)4)10-24(17)21(26)13-8-15(22)19(25)16(23)9-13/h5-14,17-18,25H,15-16H2,1-4H3;5-9,11-12,18,25H,10H2,1-4H3. The second-order valence-corrected chi connectivity index (χ2v) is 18.3. The lowest BCUT2D eigenvalue weighted by molar-refractivity contribution is 0.0922. The summed E-state index contributed by atoms with van der Waals surface area (Å²) in [7, 11) is 0. The quantitative estimate of drug-likeness (QED) is 0.158. The lowest BCUT2D eigenvalue weighted by Crippen LogP contribution is -2.46. The van der Waals surface area contributed by atoms with E-state index in [0.717, 1.165) is 39.6 Å². The van der Waals surface area contributed by atoms with Crippen LogP contribution in [0.4, 0.5) is 11.4 Å². The van der Waals surface area contributed by atoms with Gasteiger partial charge in [0.05, 0.1) is 44.6 Å². The summed E-state index contributed by atoms with van der Waals surface area (Å²) >= 11 is 25.1. The summed E-state index contributed by atoms with van der Waals surface area (Å²) in [4.78, 5) is 30.5. The fourth-order valence-corrected chi connectivity index (χ4v) is 8.32. The van der Waals surface area contributed by atoms with Gasteiger partial charge in [-0.3, -0.25) is 9.59 Å². The van der Waals surface area contributed by atoms with Gasteiger partial charge in [-0.15, -0.1) is 0 Å². The molecule has 0 aromatic heterocycles. The van der Waals surface area contributed by atoms with E-state index in [4.69, 9.17) is 60.6 Å². The van der Waals surface area contributed by atoms with E-state index in [-0.39, 0.29) is 63.5 Å². The summed E-state index contributed by atoms with van der Waals surface area (Å²) in [5.41, 5.74) is 5.40. The van der Waals surface area contributed by atoms with Gasteiger partial charge in [-0.2, -0.15) is 0 Å². The van der Waals surface area contributed by atoms with Crippen molar-refractivity contribution < 1.29 is 28.9 Å². The molecule has 2 unspecified atom stereocenters. The highest BCUT2D eigenvalue weighted by molar-refractivity contribution is 6.38. The van der Waals surface area contributed by atoms with Crippen molar-refractivity contribution in [2.75, 3.05) is 22.9 Å². The molecule has 5 aromatic rings. The normalized spacial score (nSPS) is 15.8. The van der Waals surface area contributed by atoms with Crippen molar-refractivity contribution >= 4 is 69.6 Å². The number of phenolic OH excluding ortho intramolecular Hbond substituents is 1. The smallest absolute Gasteiger partial charge is 0.258 e. The lowest BCUT2D eigenvalue weighted by Gasteiger charge is -2.38. The first-order valence-electron chi connectivity index (χ1n) is 20.5. The molecule has 2 atom stereocenters. The Morgan fingerprint density at radius 1 is 0.623 bits per heavy atom. The van der Waals surface area contributed by atoms with Gasteiger partial charge in [0.15, 0.2) is 11.5 Å². The van der Waals surface area contributed by atoms with Crippen molar-refractivity contribution in [3.8, 4) is 23.0 Å². The minimum absolute atomic E-state index is 0.0515. The van der Waals surface area contributed by atoms with Gasteiger partial charge in [0, 0.05) is 11.1 Å². The Morgan fingerprint density at radius 2 is 1.03 bits per heavy atom. The molecule has 0 radical (unpaired) electrons. The van der Waals surface area contributed by atoms with Crippen molar-refractivity contribution in [3.05, 3.63) is 139 Å². The molecule has 7 rings (SSSR count). The molecule has 2 heterocycles. The predicted molar refractivity (Wildman–Crippen MR) is 248 cm³/mol. The highest BCUT2D eigenvalue weighted by Crippen LogP contribution is 2.44. The Bertz CT molecular complexity index is 2340. The van der Waals surface area contributed by atoms with E-state index >= 15 is 0 Å². The van der Waals surface area contributed by atoms with Gasteiger partial charge in [0.1, 0.15) is 30.3 Å². The van der Waals surface area contributed by atoms with Crippen LogP contribution in [-0.2, 0) is 6.61 Å². The maximum absolute atomic E-state index is 13.7. The number of hydrogen-bond donors (Lipinski definition) is 1. The number of fused-ring (bicyclic) bond motifs is 2. The summed E-state index contributed by atoms with van der Waals surface area (Å²) < 4.78 is 18.5. The zero-order valence-electron chi connectivity index (χ0n) is 35.6. The van der Waals surface area contributed by atoms with Gasteiger partial charge >= 0.3 is 0 Å². The van der Waals surface area contributed by atoms with Gasteiger partial charge in [0.25, 0.3) is 11.8 Å². The van der Waals surface area contributed by atoms with Gasteiger partial charge in [-0.05, 0) is 76.8 Å². The number of hydrogen-bond acceptors (Lipinski definition) is 6. The third-order valence-electron chi connectivity index (χ3n) is 10.9. The van der Waals surface area contributed by atoms with Crippen LogP contribution in [0.5, 0.6) is 23.0 Å². The number of rotatable bonds is 9. The Balaban J connectivity index is 0.000000210. The molecule has 322 valence electrons. The topological polar surface area (TPSA) is 88.5 Å². The summed E-state index contributed by atoms with van der Waals surface area (Å²) in [6, 6.07) is 27.7. The van der Waals surface area contributed by atoms with Crippen molar-refractivity contribution in [2.45, 2.75) is 86.0 Å². The van der Waals surface area contributed by atoms with Gasteiger partial charge in [-0.1, -0.05) is 156 Å². The fraction of sp³-hybridized carbons (Fsp3) is 0.347. The number of para-hydroxylation sites is 2.